The van der Waals surface area contributed by atoms with Crippen LogP contribution in [0.3, 0.4) is 0 Å². The summed E-state index contributed by atoms with van der Waals surface area (Å²) in [4.78, 5) is 19.3. The third kappa shape index (κ3) is 2.41. The predicted octanol–water partition coefficient (Wildman–Crippen LogP) is -0.796. The molecule has 0 bridgehead atoms. The van der Waals surface area contributed by atoms with Crippen molar-refractivity contribution in [2.45, 2.75) is 13.3 Å². The maximum atomic E-state index is 11.5. The van der Waals surface area contributed by atoms with Crippen LogP contribution in [0.1, 0.15) is 22.3 Å². The first-order valence-corrected chi connectivity index (χ1v) is 4.77. The summed E-state index contributed by atoms with van der Waals surface area (Å²) in [5, 5.41) is 15.4. The summed E-state index contributed by atoms with van der Waals surface area (Å²) >= 11 is 0. The van der Waals surface area contributed by atoms with Crippen LogP contribution in [0.4, 0.5) is 0 Å². The number of hydrogen-bond acceptors (Lipinski definition) is 5. The summed E-state index contributed by atoms with van der Waals surface area (Å²) in [5.74, 6) is 1.19. The fraction of sp³-hybridized carbons (Fsp3) is 0.375. The van der Waals surface area contributed by atoms with Gasteiger partial charge in [-0.25, -0.2) is 9.97 Å². The highest BCUT2D eigenvalue weighted by Gasteiger charge is 2.10. The molecule has 0 aromatic carbocycles. The van der Waals surface area contributed by atoms with Gasteiger partial charge in [0, 0.05) is 13.0 Å². The Morgan fingerprint density at radius 3 is 3.00 bits per heavy atom. The van der Waals surface area contributed by atoms with E-state index in [0.29, 0.717) is 18.8 Å². The van der Waals surface area contributed by atoms with Crippen LogP contribution in [0.15, 0.2) is 6.33 Å². The van der Waals surface area contributed by atoms with Gasteiger partial charge in [0.2, 0.25) is 5.82 Å². The summed E-state index contributed by atoms with van der Waals surface area (Å²) in [6.45, 7) is 2.19. The van der Waals surface area contributed by atoms with Gasteiger partial charge in [-0.1, -0.05) is 0 Å². The van der Waals surface area contributed by atoms with Crippen molar-refractivity contribution in [3.05, 3.63) is 23.8 Å². The first kappa shape index (κ1) is 10.3. The smallest absolute Gasteiger partial charge is 0.290 e. The number of aryl methyl sites for hydroxylation is 1. The van der Waals surface area contributed by atoms with Gasteiger partial charge in [-0.2, -0.15) is 5.10 Å². The average Bonchev–Trinajstić information content (AvgIpc) is 2.89. The number of aromatic amines is 2. The Hall–Kier alpha value is -2.25. The molecule has 0 unspecified atom stereocenters. The van der Waals surface area contributed by atoms with Gasteiger partial charge >= 0.3 is 0 Å². The summed E-state index contributed by atoms with van der Waals surface area (Å²) in [5.41, 5.74) is 0. The Kier molecular flexibility index (Phi) is 2.90. The van der Waals surface area contributed by atoms with E-state index < -0.39 is 0 Å². The van der Waals surface area contributed by atoms with E-state index in [1.165, 1.54) is 6.33 Å². The fourth-order valence-electron chi connectivity index (χ4n) is 1.17. The second-order valence-corrected chi connectivity index (χ2v) is 3.18. The highest BCUT2D eigenvalue weighted by atomic mass is 16.2. The van der Waals surface area contributed by atoms with E-state index in [2.05, 4.69) is 35.7 Å². The number of nitrogens with zero attached hydrogens (tertiary/aromatic N) is 4. The van der Waals surface area contributed by atoms with Crippen molar-refractivity contribution < 1.29 is 4.79 Å². The first-order chi connectivity index (χ1) is 7.75. The molecule has 0 saturated carbocycles. The number of carbonyl (C=O) groups is 1. The molecular weight excluding hydrogens is 210 g/mol. The Bertz CT molecular complexity index is 460. The van der Waals surface area contributed by atoms with Crippen LogP contribution < -0.4 is 5.32 Å². The van der Waals surface area contributed by atoms with Crippen molar-refractivity contribution in [3.63, 3.8) is 0 Å². The SMILES string of the molecule is Cc1nc(C(=O)NCCc2ncn[nH]2)n[nH]1. The van der Waals surface area contributed by atoms with E-state index in [1.807, 2.05) is 0 Å². The average molecular weight is 221 g/mol. The highest BCUT2D eigenvalue weighted by Crippen LogP contribution is 1.91. The number of H-pyrrole nitrogens is 2. The molecular formula is C8H11N7O. The van der Waals surface area contributed by atoms with Crippen LogP contribution in [0.2, 0.25) is 0 Å². The van der Waals surface area contributed by atoms with Crippen molar-refractivity contribution in [3.8, 4) is 0 Å². The quantitative estimate of drug-likeness (QED) is 0.626. The van der Waals surface area contributed by atoms with Crippen LogP contribution in [-0.4, -0.2) is 42.8 Å². The van der Waals surface area contributed by atoms with Crippen molar-refractivity contribution in [1.82, 2.24) is 35.7 Å². The second-order valence-electron chi connectivity index (χ2n) is 3.18. The van der Waals surface area contributed by atoms with Crippen LogP contribution >= 0.6 is 0 Å². The van der Waals surface area contributed by atoms with Gasteiger partial charge in [-0.15, -0.1) is 5.10 Å². The van der Waals surface area contributed by atoms with Gasteiger partial charge in [-0.3, -0.25) is 15.0 Å². The highest BCUT2D eigenvalue weighted by molar-refractivity contribution is 5.90. The normalized spacial score (nSPS) is 10.3. The number of rotatable bonds is 4. The molecule has 0 atom stereocenters. The van der Waals surface area contributed by atoms with Gasteiger partial charge in [0.1, 0.15) is 18.0 Å². The molecule has 84 valence electrons. The minimum atomic E-state index is -0.302. The minimum absolute atomic E-state index is 0.148. The standard InChI is InChI=1S/C8H11N7O/c1-5-12-7(15-13-5)8(16)9-3-2-6-10-4-11-14-6/h4H,2-3H2,1H3,(H,9,16)(H,10,11,14)(H,12,13,15). The summed E-state index contributed by atoms with van der Waals surface area (Å²) in [6.07, 6.45) is 2.02. The number of hydrogen-bond donors (Lipinski definition) is 3. The zero-order chi connectivity index (χ0) is 11.4. The summed E-state index contributed by atoms with van der Waals surface area (Å²) in [6, 6.07) is 0. The van der Waals surface area contributed by atoms with Crippen molar-refractivity contribution >= 4 is 5.91 Å². The zero-order valence-corrected chi connectivity index (χ0v) is 8.69. The monoisotopic (exact) mass is 221 g/mol. The molecule has 2 rings (SSSR count). The predicted molar refractivity (Wildman–Crippen MR) is 53.5 cm³/mol. The first-order valence-electron chi connectivity index (χ1n) is 4.77. The molecule has 2 aromatic heterocycles. The summed E-state index contributed by atoms with van der Waals surface area (Å²) < 4.78 is 0. The molecule has 8 nitrogen and oxygen atoms in total. The van der Waals surface area contributed by atoms with Gasteiger partial charge in [-0.05, 0) is 6.92 Å². The minimum Gasteiger partial charge on any atom is -0.349 e. The van der Waals surface area contributed by atoms with Crippen LogP contribution in [0.25, 0.3) is 0 Å². The lowest BCUT2D eigenvalue weighted by Gasteiger charge is -1.99. The maximum absolute atomic E-state index is 11.5. The summed E-state index contributed by atoms with van der Waals surface area (Å²) in [7, 11) is 0. The van der Waals surface area contributed by atoms with Crippen LogP contribution in [0.5, 0.6) is 0 Å². The van der Waals surface area contributed by atoms with Gasteiger partial charge < -0.3 is 5.32 Å². The van der Waals surface area contributed by atoms with Crippen molar-refractivity contribution in [2.75, 3.05) is 6.54 Å². The molecule has 1 amide bonds. The fourth-order valence-corrected chi connectivity index (χ4v) is 1.17. The third-order valence-corrected chi connectivity index (χ3v) is 1.91. The molecule has 0 spiro atoms. The largest absolute Gasteiger partial charge is 0.349 e. The lowest BCUT2D eigenvalue weighted by molar-refractivity contribution is 0.0944. The molecule has 0 aliphatic heterocycles. The molecule has 0 aliphatic carbocycles. The molecule has 2 aromatic rings. The molecule has 16 heavy (non-hydrogen) atoms. The maximum Gasteiger partial charge on any atom is 0.290 e. The van der Waals surface area contributed by atoms with E-state index in [-0.39, 0.29) is 11.7 Å². The second kappa shape index (κ2) is 4.51. The van der Waals surface area contributed by atoms with Crippen molar-refractivity contribution in [2.24, 2.45) is 0 Å². The Morgan fingerprint density at radius 2 is 2.38 bits per heavy atom. The molecule has 3 N–H and O–H groups in total. The number of nitrogens with one attached hydrogen (secondary N) is 3. The Balaban J connectivity index is 1.80. The number of amides is 1. The zero-order valence-electron chi connectivity index (χ0n) is 8.69. The van der Waals surface area contributed by atoms with E-state index in [9.17, 15) is 4.79 Å². The van der Waals surface area contributed by atoms with E-state index in [0.717, 1.165) is 5.82 Å². The van der Waals surface area contributed by atoms with Gasteiger partial charge in [0.05, 0.1) is 0 Å². The van der Waals surface area contributed by atoms with E-state index in [4.69, 9.17) is 0 Å². The topological polar surface area (TPSA) is 112 Å². The molecule has 0 fully saturated rings. The van der Waals surface area contributed by atoms with E-state index in [1.54, 1.807) is 6.92 Å². The third-order valence-electron chi connectivity index (χ3n) is 1.91. The van der Waals surface area contributed by atoms with E-state index >= 15 is 0 Å². The van der Waals surface area contributed by atoms with Crippen LogP contribution in [0, 0.1) is 6.92 Å². The number of carbonyl (C=O) groups excluding carboxylic acids is 1. The molecule has 0 saturated heterocycles. The molecule has 8 heteroatoms. The lowest BCUT2D eigenvalue weighted by Crippen LogP contribution is -2.27. The lowest BCUT2D eigenvalue weighted by atomic mass is 10.4. The molecule has 0 radical (unpaired) electrons. The van der Waals surface area contributed by atoms with Gasteiger partial charge in [0.25, 0.3) is 5.91 Å². The number of aromatic nitrogens is 6. The molecule has 0 aliphatic rings. The van der Waals surface area contributed by atoms with Gasteiger partial charge in [0.15, 0.2) is 0 Å². The Morgan fingerprint density at radius 1 is 1.50 bits per heavy atom. The van der Waals surface area contributed by atoms with Crippen LogP contribution in [-0.2, 0) is 6.42 Å². The Labute approximate surface area is 90.9 Å². The van der Waals surface area contributed by atoms with Crippen molar-refractivity contribution in [1.29, 1.82) is 0 Å². The molecule has 2 heterocycles.